The van der Waals surface area contributed by atoms with Gasteiger partial charge in [0.1, 0.15) is 17.5 Å². The van der Waals surface area contributed by atoms with Gasteiger partial charge in [0, 0.05) is 64.9 Å². The van der Waals surface area contributed by atoms with Crippen LogP contribution in [-0.4, -0.2) is 97.0 Å². The van der Waals surface area contributed by atoms with Crippen LogP contribution in [0.3, 0.4) is 0 Å². The monoisotopic (exact) mass is 502 g/mol. The maximum absolute atomic E-state index is 12.9. The molecule has 0 aromatic rings. The highest BCUT2D eigenvalue weighted by Gasteiger charge is 2.25. The number of piperidine rings is 1. The first kappa shape index (κ1) is 27.6. The lowest BCUT2D eigenvalue weighted by Gasteiger charge is -2.32. The number of aliphatic imine (C=N–C) groups is 2. The summed E-state index contributed by atoms with van der Waals surface area (Å²) < 4.78 is 17.0. The van der Waals surface area contributed by atoms with E-state index >= 15 is 0 Å². The number of ether oxygens (including phenoxy) is 1. The highest BCUT2D eigenvalue weighted by molar-refractivity contribution is 5.99. The van der Waals surface area contributed by atoms with Gasteiger partial charge in [0.25, 0.3) is 5.91 Å². The Labute approximate surface area is 213 Å². The summed E-state index contributed by atoms with van der Waals surface area (Å²) in [4.78, 5) is 27.7. The molecule has 0 saturated carbocycles. The fourth-order valence-corrected chi connectivity index (χ4v) is 4.49. The Bertz CT molecular complexity index is 928. The Morgan fingerprint density at radius 3 is 2.58 bits per heavy atom. The van der Waals surface area contributed by atoms with Crippen LogP contribution in [-0.2, 0) is 9.53 Å². The van der Waals surface area contributed by atoms with Crippen LogP contribution in [0.1, 0.15) is 38.5 Å². The lowest BCUT2D eigenvalue weighted by molar-refractivity contribution is -0.118. The number of likely N-dealkylation sites (tertiary alicyclic amines) is 2. The number of amides is 1. The van der Waals surface area contributed by atoms with Gasteiger partial charge in [-0.15, -0.1) is 0 Å². The number of carbonyl (C=O) groups excluding carboxylic acids is 1. The van der Waals surface area contributed by atoms with Crippen molar-refractivity contribution >= 4 is 17.6 Å². The Balaban J connectivity index is 0.000000338. The summed E-state index contributed by atoms with van der Waals surface area (Å²) in [6, 6.07) is 0.148. The van der Waals surface area contributed by atoms with Gasteiger partial charge in [-0.05, 0) is 31.8 Å². The molecule has 1 amide bonds. The number of nitrogens with one attached hydrogen (secondary N) is 1. The molecule has 0 aromatic heterocycles. The van der Waals surface area contributed by atoms with Gasteiger partial charge in [-0.25, -0.2) is 14.4 Å². The zero-order valence-corrected chi connectivity index (χ0v) is 21.5. The molecule has 9 nitrogen and oxygen atoms in total. The molecule has 0 aliphatic carbocycles. The van der Waals surface area contributed by atoms with Crippen molar-refractivity contribution in [1.82, 2.24) is 20.0 Å². The van der Waals surface area contributed by atoms with Crippen molar-refractivity contribution in [3.05, 3.63) is 48.4 Å². The predicted molar refractivity (Wildman–Crippen MR) is 140 cm³/mol. The smallest absolute Gasteiger partial charge is 0.255 e. The molecule has 10 heteroatoms. The van der Waals surface area contributed by atoms with Crippen molar-refractivity contribution in [2.75, 3.05) is 53.5 Å². The summed E-state index contributed by atoms with van der Waals surface area (Å²) >= 11 is 0. The second-order valence-electron chi connectivity index (χ2n) is 9.15. The number of aliphatic hydroxyl groups excluding tert-OH is 1. The second kappa shape index (κ2) is 13.9. The minimum absolute atomic E-state index is 0.118. The topological polar surface area (TPSA) is 93.0 Å². The number of amidine groups is 1. The summed E-state index contributed by atoms with van der Waals surface area (Å²) in [5, 5.41) is 12.2. The first-order valence-corrected chi connectivity index (χ1v) is 12.7. The molecule has 0 unspecified atom stereocenters. The van der Waals surface area contributed by atoms with E-state index in [-0.39, 0.29) is 24.4 Å². The number of aliphatic hydroxyl groups is 1. The largest absolute Gasteiger partial charge is 0.484 e. The normalized spacial score (nSPS) is 22.2. The Morgan fingerprint density at radius 2 is 2.00 bits per heavy atom. The number of hydrogen-bond donors (Lipinski definition) is 2. The van der Waals surface area contributed by atoms with E-state index in [0.717, 1.165) is 44.9 Å². The van der Waals surface area contributed by atoms with Crippen LogP contribution in [0, 0.1) is 0 Å². The molecule has 4 aliphatic rings. The molecule has 0 radical (unpaired) electrons. The number of rotatable bonds is 5. The van der Waals surface area contributed by atoms with E-state index in [1.165, 1.54) is 26.2 Å². The first-order chi connectivity index (χ1) is 17.4. The van der Waals surface area contributed by atoms with Gasteiger partial charge in [0.15, 0.2) is 5.90 Å². The fraction of sp³-hybridized carbons (Fsp3) is 0.577. The molecule has 0 bridgehead atoms. The lowest BCUT2D eigenvalue weighted by atomic mass is 10.0. The quantitative estimate of drug-likeness (QED) is 0.562. The van der Waals surface area contributed by atoms with Crippen molar-refractivity contribution < 1.29 is 19.0 Å². The molecule has 2 N–H and O–H groups in total. The molecule has 0 spiro atoms. The summed E-state index contributed by atoms with van der Waals surface area (Å²) in [6.45, 7) is 8.56. The van der Waals surface area contributed by atoms with Gasteiger partial charge in [-0.3, -0.25) is 4.79 Å². The average Bonchev–Trinajstić information content (AvgIpc) is 3.43. The molecule has 36 heavy (non-hydrogen) atoms. The van der Waals surface area contributed by atoms with Crippen molar-refractivity contribution in [2.24, 2.45) is 9.98 Å². The SMILES string of the molecule is C=C/C(C(=O)NC1CCN(CCO)CC1)=C1/N=C(N2CCCC2)C=CN1C.COC1=NC=C(F)CC1. The van der Waals surface area contributed by atoms with Crippen molar-refractivity contribution in [2.45, 2.75) is 44.6 Å². The minimum Gasteiger partial charge on any atom is -0.484 e. The summed E-state index contributed by atoms with van der Waals surface area (Å²) in [5.74, 6) is 1.88. The Morgan fingerprint density at radius 1 is 1.28 bits per heavy atom. The van der Waals surface area contributed by atoms with Crippen LogP contribution in [0.15, 0.2) is 58.3 Å². The van der Waals surface area contributed by atoms with Crippen LogP contribution >= 0.6 is 0 Å². The third-order valence-electron chi connectivity index (χ3n) is 6.62. The number of hydrogen-bond acceptors (Lipinski definition) is 8. The Kier molecular flexibility index (Phi) is 10.7. The van der Waals surface area contributed by atoms with E-state index in [1.54, 1.807) is 6.08 Å². The van der Waals surface area contributed by atoms with Crippen LogP contribution in [0.4, 0.5) is 4.39 Å². The molecule has 4 rings (SSSR count). The molecule has 2 saturated heterocycles. The van der Waals surface area contributed by atoms with Gasteiger partial charge in [-0.2, -0.15) is 0 Å². The van der Waals surface area contributed by atoms with Gasteiger partial charge >= 0.3 is 0 Å². The van der Waals surface area contributed by atoms with Crippen molar-refractivity contribution in [1.29, 1.82) is 0 Å². The lowest BCUT2D eigenvalue weighted by Crippen LogP contribution is -2.45. The third kappa shape index (κ3) is 7.76. The summed E-state index contributed by atoms with van der Waals surface area (Å²) in [7, 11) is 3.44. The van der Waals surface area contributed by atoms with Gasteiger partial charge < -0.3 is 29.9 Å². The molecule has 4 heterocycles. The summed E-state index contributed by atoms with van der Waals surface area (Å²) in [6.07, 6.45) is 11.9. The second-order valence-corrected chi connectivity index (χ2v) is 9.15. The van der Waals surface area contributed by atoms with Gasteiger partial charge in [0.05, 0.1) is 25.5 Å². The van der Waals surface area contributed by atoms with Crippen LogP contribution < -0.4 is 5.32 Å². The molecule has 198 valence electrons. The maximum atomic E-state index is 12.9. The molecular weight excluding hydrogens is 463 g/mol. The van der Waals surface area contributed by atoms with Crippen molar-refractivity contribution in [3.63, 3.8) is 0 Å². The minimum atomic E-state index is -0.171. The highest BCUT2D eigenvalue weighted by Crippen LogP contribution is 2.21. The van der Waals surface area contributed by atoms with E-state index in [2.05, 4.69) is 26.7 Å². The maximum Gasteiger partial charge on any atom is 0.255 e. The van der Waals surface area contributed by atoms with E-state index in [1.807, 2.05) is 24.2 Å². The van der Waals surface area contributed by atoms with Crippen LogP contribution in [0.5, 0.6) is 0 Å². The number of allylic oxidation sites excluding steroid dienone is 1. The summed E-state index contributed by atoms with van der Waals surface area (Å²) in [5.41, 5.74) is 0.510. The molecule has 0 atom stereocenters. The number of carbonyl (C=O) groups is 1. The van der Waals surface area contributed by atoms with E-state index in [4.69, 9.17) is 14.8 Å². The van der Waals surface area contributed by atoms with Gasteiger partial charge in [0.2, 0.25) is 0 Å². The number of β-amino-alcohol motifs (C(OH)–C–C–N with tert-alkyl or cyclic N) is 1. The van der Waals surface area contributed by atoms with Crippen LogP contribution in [0.25, 0.3) is 0 Å². The molecular formula is C26H39FN6O3. The van der Waals surface area contributed by atoms with E-state index in [0.29, 0.717) is 36.7 Å². The molecule has 0 aromatic carbocycles. The highest BCUT2D eigenvalue weighted by atomic mass is 19.1. The Hall–Kier alpha value is -2.98. The van der Waals surface area contributed by atoms with E-state index in [9.17, 15) is 9.18 Å². The number of methoxy groups -OCH3 is 1. The van der Waals surface area contributed by atoms with Gasteiger partial charge in [-0.1, -0.05) is 12.7 Å². The molecule has 2 fully saturated rings. The third-order valence-corrected chi connectivity index (χ3v) is 6.62. The first-order valence-electron chi connectivity index (χ1n) is 12.7. The molecule has 4 aliphatic heterocycles. The van der Waals surface area contributed by atoms with Crippen LogP contribution in [0.2, 0.25) is 0 Å². The van der Waals surface area contributed by atoms with Crippen molar-refractivity contribution in [3.8, 4) is 0 Å². The fourth-order valence-electron chi connectivity index (χ4n) is 4.49. The zero-order chi connectivity index (χ0) is 25.9. The number of halogens is 1. The predicted octanol–water partition coefficient (Wildman–Crippen LogP) is 2.55. The zero-order valence-electron chi connectivity index (χ0n) is 21.5. The standard InChI is InChI=1S/C20H31N5O2.C6H8FNO/c1-3-17(20(27)21-16-6-12-24(13-7-16)14-15-26)19-22-18(8-11-23(19)2)25-9-4-5-10-25;1-9-6-3-2-5(7)4-8-6/h3,8,11,16,26H,1,4-7,9-10,12-15H2,2H3,(H,21,27);4H,2-3H2,1H3/b19-17+;. The van der Waals surface area contributed by atoms with E-state index < -0.39 is 0 Å². The average molecular weight is 503 g/mol. The number of nitrogens with zero attached hydrogens (tertiary/aromatic N) is 5.